The van der Waals surface area contributed by atoms with Gasteiger partial charge < -0.3 is 5.32 Å². The van der Waals surface area contributed by atoms with Crippen molar-refractivity contribution >= 4 is 5.91 Å². The van der Waals surface area contributed by atoms with Crippen LogP contribution < -0.4 is 5.32 Å². The summed E-state index contributed by atoms with van der Waals surface area (Å²) >= 11 is 0. The molecule has 0 aromatic heterocycles. The molecule has 1 aliphatic carbocycles. The van der Waals surface area contributed by atoms with E-state index in [1.165, 1.54) is 12.8 Å². The van der Waals surface area contributed by atoms with Gasteiger partial charge in [0.2, 0.25) is 5.91 Å². The van der Waals surface area contributed by atoms with Gasteiger partial charge in [-0.05, 0) is 25.7 Å². The molecule has 0 bridgehead atoms. The Labute approximate surface area is 55.6 Å². The van der Waals surface area contributed by atoms with E-state index in [1.807, 2.05) is 0 Å². The van der Waals surface area contributed by atoms with Crippen molar-refractivity contribution < 1.29 is 4.79 Å². The van der Waals surface area contributed by atoms with Gasteiger partial charge in [-0.15, -0.1) is 0 Å². The summed E-state index contributed by atoms with van der Waals surface area (Å²) in [6, 6.07) is 0. The maximum absolute atomic E-state index is 10.7. The fourth-order valence-corrected chi connectivity index (χ4v) is 0.796. The van der Waals surface area contributed by atoms with E-state index in [1.54, 1.807) is 0 Å². The first-order chi connectivity index (χ1) is 4.33. The zero-order valence-corrected chi connectivity index (χ0v) is 5.52. The van der Waals surface area contributed by atoms with Crippen LogP contribution in [-0.4, -0.2) is 12.5 Å². The molecule has 1 radical (unpaired) electrons. The lowest BCUT2D eigenvalue weighted by Gasteiger charge is -1.97. The SMILES string of the molecule is [CH2]CNC(=O)CC1CC1. The normalized spacial score (nSPS) is 17.4. The van der Waals surface area contributed by atoms with E-state index in [-0.39, 0.29) is 5.91 Å². The monoisotopic (exact) mass is 126 g/mol. The molecule has 0 saturated heterocycles. The van der Waals surface area contributed by atoms with Crippen LogP contribution in [0.2, 0.25) is 0 Å². The highest BCUT2D eigenvalue weighted by Crippen LogP contribution is 2.31. The summed E-state index contributed by atoms with van der Waals surface area (Å²) in [5.41, 5.74) is 0. The summed E-state index contributed by atoms with van der Waals surface area (Å²) in [6.07, 6.45) is 3.20. The van der Waals surface area contributed by atoms with Crippen LogP contribution in [0.3, 0.4) is 0 Å². The van der Waals surface area contributed by atoms with Crippen LogP contribution in [0.1, 0.15) is 19.3 Å². The lowest BCUT2D eigenvalue weighted by molar-refractivity contribution is -0.121. The van der Waals surface area contributed by atoms with E-state index in [9.17, 15) is 4.79 Å². The van der Waals surface area contributed by atoms with Crippen molar-refractivity contribution in [2.24, 2.45) is 5.92 Å². The van der Waals surface area contributed by atoms with E-state index in [0.29, 0.717) is 12.5 Å². The molecule has 0 aromatic carbocycles. The predicted molar refractivity (Wildman–Crippen MR) is 35.7 cm³/mol. The zero-order valence-electron chi connectivity index (χ0n) is 5.52. The molecule has 1 aliphatic rings. The molecule has 0 unspecified atom stereocenters. The third-order valence-corrected chi connectivity index (χ3v) is 1.49. The minimum Gasteiger partial charge on any atom is -0.356 e. The van der Waals surface area contributed by atoms with Crippen LogP contribution in [-0.2, 0) is 4.79 Å². The molecule has 0 spiro atoms. The summed E-state index contributed by atoms with van der Waals surface area (Å²) in [7, 11) is 0. The van der Waals surface area contributed by atoms with Gasteiger partial charge in [-0.25, -0.2) is 0 Å². The molecule has 1 saturated carbocycles. The quantitative estimate of drug-likeness (QED) is 0.593. The molecule has 9 heavy (non-hydrogen) atoms. The van der Waals surface area contributed by atoms with Crippen molar-refractivity contribution in [3.8, 4) is 0 Å². The van der Waals surface area contributed by atoms with Crippen molar-refractivity contribution in [2.75, 3.05) is 6.54 Å². The van der Waals surface area contributed by atoms with Gasteiger partial charge in [0.05, 0.1) is 0 Å². The molecular formula is C7H12NO. The Morgan fingerprint density at radius 3 is 2.78 bits per heavy atom. The molecule has 0 aliphatic heterocycles. The highest BCUT2D eigenvalue weighted by molar-refractivity contribution is 5.76. The number of carbonyl (C=O) groups excluding carboxylic acids is 1. The van der Waals surface area contributed by atoms with Gasteiger partial charge in [-0.3, -0.25) is 4.79 Å². The van der Waals surface area contributed by atoms with Crippen molar-refractivity contribution in [1.82, 2.24) is 5.32 Å². The number of carbonyl (C=O) groups is 1. The van der Waals surface area contributed by atoms with Gasteiger partial charge in [0, 0.05) is 13.0 Å². The molecule has 2 nitrogen and oxygen atoms in total. The average Bonchev–Trinajstić information content (AvgIpc) is 2.50. The second kappa shape index (κ2) is 2.85. The lowest BCUT2D eigenvalue weighted by Crippen LogP contribution is -2.22. The lowest BCUT2D eigenvalue weighted by atomic mass is 10.3. The first-order valence-electron chi connectivity index (χ1n) is 3.39. The Balaban J connectivity index is 2.02. The Bertz CT molecular complexity index is 107. The molecule has 1 N–H and O–H groups in total. The Hall–Kier alpha value is -0.530. The summed E-state index contributed by atoms with van der Waals surface area (Å²) in [5.74, 6) is 0.851. The summed E-state index contributed by atoms with van der Waals surface area (Å²) < 4.78 is 0. The number of hydrogen-bond donors (Lipinski definition) is 1. The van der Waals surface area contributed by atoms with Gasteiger partial charge in [0.25, 0.3) is 0 Å². The van der Waals surface area contributed by atoms with Gasteiger partial charge in [0.1, 0.15) is 0 Å². The molecule has 0 heterocycles. The van der Waals surface area contributed by atoms with Crippen molar-refractivity contribution in [1.29, 1.82) is 0 Å². The second-order valence-electron chi connectivity index (χ2n) is 2.50. The van der Waals surface area contributed by atoms with Crippen LogP contribution in [0, 0.1) is 12.8 Å². The fraction of sp³-hybridized carbons (Fsp3) is 0.714. The number of rotatable bonds is 3. The van der Waals surface area contributed by atoms with Crippen LogP contribution in [0.5, 0.6) is 0 Å². The van der Waals surface area contributed by atoms with Gasteiger partial charge in [-0.1, -0.05) is 0 Å². The van der Waals surface area contributed by atoms with Crippen molar-refractivity contribution in [3.05, 3.63) is 6.92 Å². The first-order valence-corrected chi connectivity index (χ1v) is 3.39. The highest BCUT2D eigenvalue weighted by atomic mass is 16.1. The number of amides is 1. The Morgan fingerprint density at radius 1 is 1.67 bits per heavy atom. The molecule has 1 fully saturated rings. The summed E-state index contributed by atoms with van der Waals surface area (Å²) in [5, 5.41) is 2.67. The molecule has 2 heteroatoms. The number of nitrogens with one attached hydrogen (secondary N) is 1. The molecule has 1 rings (SSSR count). The van der Waals surface area contributed by atoms with Crippen LogP contribution in [0.25, 0.3) is 0 Å². The minimum atomic E-state index is 0.160. The standard InChI is InChI=1S/C7H12NO/c1-2-8-7(9)5-6-3-4-6/h6H,1-5H2,(H,8,9). The largest absolute Gasteiger partial charge is 0.356 e. The molecule has 0 atom stereocenters. The molecule has 51 valence electrons. The second-order valence-corrected chi connectivity index (χ2v) is 2.50. The Kier molecular flexibility index (Phi) is 2.09. The third kappa shape index (κ3) is 2.49. The van der Waals surface area contributed by atoms with E-state index < -0.39 is 0 Å². The summed E-state index contributed by atoms with van der Waals surface area (Å²) in [4.78, 5) is 10.7. The third-order valence-electron chi connectivity index (χ3n) is 1.49. The van der Waals surface area contributed by atoms with E-state index >= 15 is 0 Å². The predicted octanol–water partition coefficient (Wildman–Crippen LogP) is 0.737. The first kappa shape index (κ1) is 6.59. The van der Waals surface area contributed by atoms with E-state index in [4.69, 9.17) is 0 Å². The minimum absolute atomic E-state index is 0.160. The topological polar surface area (TPSA) is 29.1 Å². The maximum atomic E-state index is 10.7. The van der Waals surface area contributed by atoms with Crippen molar-refractivity contribution in [3.63, 3.8) is 0 Å². The zero-order chi connectivity index (χ0) is 6.69. The van der Waals surface area contributed by atoms with Crippen LogP contribution in [0.4, 0.5) is 0 Å². The van der Waals surface area contributed by atoms with Gasteiger partial charge in [-0.2, -0.15) is 0 Å². The van der Waals surface area contributed by atoms with E-state index in [2.05, 4.69) is 12.2 Å². The molecule has 0 aromatic rings. The van der Waals surface area contributed by atoms with Crippen LogP contribution in [0.15, 0.2) is 0 Å². The molecular weight excluding hydrogens is 114 g/mol. The highest BCUT2D eigenvalue weighted by Gasteiger charge is 2.23. The maximum Gasteiger partial charge on any atom is 0.220 e. The van der Waals surface area contributed by atoms with E-state index in [0.717, 1.165) is 6.42 Å². The number of hydrogen-bond acceptors (Lipinski definition) is 1. The summed E-state index contributed by atoms with van der Waals surface area (Å²) in [6.45, 7) is 4.04. The average molecular weight is 126 g/mol. The Morgan fingerprint density at radius 2 is 2.33 bits per heavy atom. The van der Waals surface area contributed by atoms with Crippen LogP contribution >= 0.6 is 0 Å². The smallest absolute Gasteiger partial charge is 0.220 e. The van der Waals surface area contributed by atoms with Gasteiger partial charge in [0.15, 0.2) is 0 Å². The van der Waals surface area contributed by atoms with Gasteiger partial charge >= 0.3 is 0 Å². The van der Waals surface area contributed by atoms with Crippen molar-refractivity contribution in [2.45, 2.75) is 19.3 Å². The fourth-order valence-electron chi connectivity index (χ4n) is 0.796. The molecule has 1 amide bonds.